The Morgan fingerprint density at radius 2 is 1.95 bits per heavy atom. The first-order valence-electron chi connectivity index (χ1n) is 6.78. The second-order valence-corrected chi connectivity index (χ2v) is 6.37. The van der Waals surface area contributed by atoms with Gasteiger partial charge in [0.05, 0.1) is 0 Å². The van der Waals surface area contributed by atoms with Gasteiger partial charge in [0.25, 0.3) is 0 Å². The lowest BCUT2D eigenvalue weighted by Crippen LogP contribution is -2.28. The van der Waals surface area contributed by atoms with Crippen LogP contribution in [0.4, 0.5) is 8.78 Å². The number of hydrogen-bond donors (Lipinski definition) is 1. The van der Waals surface area contributed by atoms with Crippen molar-refractivity contribution >= 4 is 0 Å². The van der Waals surface area contributed by atoms with Crippen LogP contribution in [0.3, 0.4) is 0 Å². The molecule has 2 aromatic rings. The minimum atomic E-state index is -0.941. The summed E-state index contributed by atoms with van der Waals surface area (Å²) < 4.78 is 31.2. The van der Waals surface area contributed by atoms with Crippen molar-refractivity contribution in [2.75, 3.05) is 0 Å². The Balaban J connectivity index is 2.09. The highest BCUT2D eigenvalue weighted by Crippen LogP contribution is 2.22. The van der Waals surface area contributed by atoms with Gasteiger partial charge in [0.1, 0.15) is 0 Å². The van der Waals surface area contributed by atoms with Crippen molar-refractivity contribution in [3.63, 3.8) is 0 Å². The molecule has 0 aliphatic heterocycles. The molecule has 6 heteroatoms. The molecule has 1 heterocycles. The van der Waals surface area contributed by atoms with E-state index in [-0.39, 0.29) is 17.3 Å². The van der Waals surface area contributed by atoms with Crippen LogP contribution in [-0.4, -0.2) is 16.2 Å². The van der Waals surface area contributed by atoms with Crippen LogP contribution in [-0.2, 0) is 6.42 Å². The Labute approximate surface area is 122 Å². The van der Waals surface area contributed by atoms with E-state index in [0.29, 0.717) is 17.9 Å². The van der Waals surface area contributed by atoms with Gasteiger partial charge in [-0.05, 0) is 30.0 Å². The number of benzene rings is 1. The van der Waals surface area contributed by atoms with Crippen LogP contribution in [0.2, 0.25) is 0 Å². The monoisotopic (exact) mass is 295 g/mol. The molecule has 0 fully saturated rings. The van der Waals surface area contributed by atoms with Gasteiger partial charge < -0.3 is 10.3 Å². The summed E-state index contributed by atoms with van der Waals surface area (Å²) in [7, 11) is 0. The second kappa shape index (κ2) is 5.89. The molecule has 0 aliphatic rings. The molecule has 1 unspecified atom stereocenters. The van der Waals surface area contributed by atoms with Crippen molar-refractivity contribution in [1.82, 2.24) is 10.1 Å². The number of halogens is 2. The van der Waals surface area contributed by atoms with Gasteiger partial charge in [0.2, 0.25) is 11.7 Å². The van der Waals surface area contributed by atoms with E-state index in [4.69, 9.17) is 10.3 Å². The Kier molecular flexibility index (Phi) is 4.37. The Hall–Kier alpha value is -1.82. The molecule has 21 heavy (non-hydrogen) atoms. The number of rotatable bonds is 4. The Morgan fingerprint density at radius 3 is 2.57 bits per heavy atom. The predicted octanol–water partition coefficient (Wildman–Crippen LogP) is 3.32. The SMILES string of the molecule is CC(C)(C)CC(N)Cc1nc(-c2ccc(F)c(F)c2)no1. The molecule has 2 rings (SSSR count). The van der Waals surface area contributed by atoms with Crippen LogP contribution in [0.25, 0.3) is 11.4 Å². The quantitative estimate of drug-likeness (QED) is 0.939. The van der Waals surface area contributed by atoms with Crippen LogP contribution < -0.4 is 5.73 Å². The first kappa shape index (κ1) is 15.6. The van der Waals surface area contributed by atoms with Crippen molar-refractivity contribution in [1.29, 1.82) is 0 Å². The minimum Gasteiger partial charge on any atom is -0.339 e. The Morgan fingerprint density at radius 1 is 1.24 bits per heavy atom. The first-order valence-corrected chi connectivity index (χ1v) is 6.78. The van der Waals surface area contributed by atoms with Crippen molar-refractivity contribution in [3.05, 3.63) is 35.7 Å². The number of aromatic nitrogens is 2. The molecule has 0 aliphatic carbocycles. The standard InChI is InChI=1S/C15H19F2N3O/c1-15(2,3)8-10(18)7-13-19-14(20-21-13)9-4-5-11(16)12(17)6-9/h4-6,10H,7-8,18H2,1-3H3. The van der Waals surface area contributed by atoms with Crippen LogP contribution in [0.1, 0.15) is 33.1 Å². The molecular formula is C15H19F2N3O. The summed E-state index contributed by atoms with van der Waals surface area (Å²) in [5.41, 5.74) is 6.53. The summed E-state index contributed by atoms with van der Waals surface area (Å²) in [6.07, 6.45) is 1.27. The zero-order valence-corrected chi connectivity index (χ0v) is 12.4. The highest BCUT2D eigenvalue weighted by molar-refractivity contribution is 5.54. The van der Waals surface area contributed by atoms with Gasteiger partial charge in [-0.15, -0.1) is 0 Å². The summed E-state index contributed by atoms with van der Waals surface area (Å²) in [4.78, 5) is 4.17. The fourth-order valence-corrected chi connectivity index (χ4v) is 2.17. The molecule has 2 N–H and O–H groups in total. The maximum atomic E-state index is 13.2. The molecule has 1 aromatic heterocycles. The molecule has 1 atom stereocenters. The number of nitrogens with two attached hydrogens (primary N) is 1. The summed E-state index contributed by atoms with van der Waals surface area (Å²) >= 11 is 0. The van der Waals surface area contributed by atoms with E-state index in [1.165, 1.54) is 6.07 Å². The van der Waals surface area contributed by atoms with Gasteiger partial charge in [-0.3, -0.25) is 0 Å². The van der Waals surface area contributed by atoms with Gasteiger partial charge >= 0.3 is 0 Å². The molecule has 4 nitrogen and oxygen atoms in total. The van der Waals surface area contributed by atoms with Gasteiger partial charge in [0.15, 0.2) is 11.6 Å². The number of hydrogen-bond acceptors (Lipinski definition) is 4. The molecule has 0 saturated heterocycles. The van der Waals surface area contributed by atoms with Gasteiger partial charge in [-0.1, -0.05) is 25.9 Å². The lowest BCUT2D eigenvalue weighted by atomic mass is 9.87. The third kappa shape index (κ3) is 4.32. The average molecular weight is 295 g/mol. The van der Waals surface area contributed by atoms with E-state index in [2.05, 4.69) is 30.9 Å². The molecular weight excluding hydrogens is 276 g/mol. The highest BCUT2D eigenvalue weighted by atomic mass is 19.2. The topological polar surface area (TPSA) is 64.9 Å². The lowest BCUT2D eigenvalue weighted by molar-refractivity contribution is 0.313. The maximum Gasteiger partial charge on any atom is 0.228 e. The largest absolute Gasteiger partial charge is 0.339 e. The maximum absolute atomic E-state index is 13.2. The molecule has 0 radical (unpaired) electrons. The summed E-state index contributed by atoms with van der Waals surface area (Å²) in [6.45, 7) is 6.31. The first-order chi connectivity index (χ1) is 9.74. The minimum absolute atomic E-state index is 0.0942. The fourth-order valence-electron chi connectivity index (χ4n) is 2.17. The van der Waals surface area contributed by atoms with Crippen LogP contribution in [0, 0.1) is 17.0 Å². The van der Waals surface area contributed by atoms with Crippen LogP contribution in [0.5, 0.6) is 0 Å². The van der Waals surface area contributed by atoms with E-state index < -0.39 is 11.6 Å². The van der Waals surface area contributed by atoms with E-state index >= 15 is 0 Å². The molecule has 0 spiro atoms. The number of nitrogens with zero attached hydrogens (tertiary/aromatic N) is 2. The summed E-state index contributed by atoms with van der Waals surface area (Å²) in [6, 6.07) is 3.39. The lowest BCUT2D eigenvalue weighted by Gasteiger charge is -2.21. The summed E-state index contributed by atoms with van der Waals surface area (Å²) in [5.74, 6) is -1.23. The van der Waals surface area contributed by atoms with Crippen LogP contribution >= 0.6 is 0 Å². The summed E-state index contributed by atoms with van der Waals surface area (Å²) in [5, 5.41) is 3.78. The second-order valence-electron chi connectivity index (χ2n) is 6.37. The zero-order chi connectivity index (χ0) is 15.6. The Bertz CT molecular complexity index is 620. The third-order valence-corrected chi connectivity index (χ3v) is 2.96. The van der Waals surface area contributed by atoms with E-state index in [1.54, 1.807) is 0 Å². The van der Waals surface area contributed by atoms with Crippen molar-refractivity contribution in [2.24, 2.45) is 11.1 Å². The van der Waals surface area contributed by atoms with E-state index in [1.807, 2.05) is 0 Å². The van der Waals surface area contributed by atoms with Gasteiger partial charge in [-0.2, -0.15) is 4.98 Å². The van der Waals surface area contributed by atoms with Gasteiger partial charge in [-0.25, -0.2) is 8.78 Å². The molecule has 1 aromatic carbocycles. The normalized spacial score (nSPS) is 13.4. The third-order valence-electron chi connectivity index (χ3n) is 2.96. The fraction of sp³-hybridized carbons (Fsp3) is 0.467. The van der Waals surface area contributed by atoms with Crippen molar-refractivity contribution in [2.45, 2.75) is 39.7 Å². The predicted molar refractivity (Wildman–Crippen MR) is 75.4 cm³/mol. The van der Waals surface area contributed by atoms with Gasteiger partial charge in [0, 0.05) is 18.0 Å². The average Bonchev–Trinajstić information content (AvgIpc) is 2.78. The molecule has 114 valence electrons. The smallest absolute Gasteiger partial charge is 0.228 e. The molecule has 0 saturated carbocycles. The van der Waals surface area contributed by atoms with E-state index in [0.717, 1.165) is 18.6 Å². The van der Waals surface area contributed by atoms with Crippen molar-refractivity contribution < 1.29 is 13.3 Å². The highest BCUT2D eigenvalue weighted by Gasteiger charge is 2.19. The zero-order valence-electron chi connectivity index (χ0n) is 12.4. The van der Waals surface area contributed by atoms with Crippen LogP contribution in [0.15, 0.2) is 22.7 Å². The molecule has 0 amide bonds. The van der Waals surface area contributed by atoms with Crippen molar-refractivity contribution in [3.8, 4) is 11.4 Å². The molecule has 0 bridgehead atoms. The van der Waals surface area contributed by atoms with E-state index in [9.17, 15) is 8.78 Å².